The number of hydrogen-bond donors (Lipinski definition) is 1. The molecule has 4 aromatic rings. The maximum Gasteiger partial charge on any atom is 0.237 e. The third-order valence-electron chi connectivity index (χ3n) is 4.99. The highest BCUT2D eigenvalue weighted by Gasteiger charge is 2.21. The molecule has 1 amide bonds. The van der Waals surface area contributed by atoms with Gasteiger partial charge in [0.25, 0.3) is 0 Å². The topological polar surface area (TPSA) is 59.8 Å². The van der Waals surface area contributed by atoms with E-state index < -0.39 is 0 Å². The van der Waals surface area contributed by atoms with Gasteiger partial charge in [-0.1, -0.05) is 90.6 Å². The minimum atomic E-state index is -0.332. The number of amides is 1. The molecule has 0 aliphatic rings. The van der Waals surface area contributed by atoms with Crippen LogP contribution in [0.2, 0.25) is 0 Å². The van der Waals surface area contributed by atoms with Crippen LogP contribution in [0.5, 0.6) is 0 Å². The number of anilines is 1. The Balaban J connectivity index is 1.59. The van der Waals surface area contributed by atoms with Crippen molar-refractivity contribution in [3.63, 3.8) is 0 Å². The molecule has 3 aromatic carbocycles. The third kappa shape index (κ3) is 5.03. The highest BCUT2D eigenvalue weighted by molar-refractivity contribution is 8.00. The highest BCUT2D eigenvalue weighted by Crippen LogP contribution is 2.28. The summed E-state index contributed by atoms with van der Waals surface area (Å²) >= 11 is 1.42. The number of benzene rings is 3. The van der Waals surface area contributed by atoms with Crippen molar-refractivity contribution in [1.82, 2.24) is 14.8 Å². The van der Waals surface area contributed by atoms with Crippen molar-refractivity contribution < 1.29 is 4.79 Å². The van der Waals surface area contributed by atoms with Crippen LogP contribution < -0.4 is 5.32 Å². The van der Waals surface area contributed by atoms with Gasteiger partial charge in [-0.15, -0.1) is 10.2 Å². The van der Waals surface area contributed by atoms with Gasteiger partial charge in [0.2, 0.25) is 5.91 Å². The molecule has 1 heterocycles. The normalized spacial score (nSPS) is 11.8. The average Bonchev–Trinajstić information content (AvgIpc) is 3.18. The fourth-order valence-corrected chi connectivity index (χ4v) is 4.09. The number of aryl methyl sites for hydroxylation is 1. The Morgan fingerprint density at radius 1 is 0.935 bits per heavy atom. The molecule has 1 atom stereocenters. The molecule has 0 unspecified atom stereocenters. The monoisotopic (exact) mass is 428 g/mol. The van der Waals surface area contributed by atoms with E-state index in [2.05, 4.69) is 32.2 Å². The minimum absolute atomic E-state index is 0.0603. The molecule has 1 aromatic heterocycles. The zero-order valence-electron chi connectivity index (χ0n) is 17.5. The lowest BCUT2D eigenvalue weighted by molar-refractivity contribution is -0.115. The Labute approximate surface area is 186 Å². The average molecular weight is 429 g/mol. The number of carbonyl (C=O) groups is 1. The minimum Gasteiger partial charge on any atom is -0.325 e. The maximum atomic E-state index is 12.8. The van der Waals surface area contributed by atoms with Gasteiger partial charge in [-0.25, -0.2) is 0 Å². The molecule has 0 spiro atoms. The SMILES string of the molecule is Cc1ccccc1NC(=O)[C@@H](C)Sc1nnc(-c2ccccc2)n1Cc1ccccc1. The molecule has 0 aliphatic heterocycles. The van der Waals surface area contributed by atoms with Crippen LogP contribution in [-0.4, -0.2) is 25.9 Å². The zero-order chi connectivity index (χ0) is 21.6. The van der Waals surface area contributed by atoms with Gasteiger partial charge in [-0.2, -0.15) is 0 Å². The number of rotatable bonds is 7. The van der Waals surface area contributed by atoms with Crippen molar-refractivity contribution in [2.45, 2.75) is 30.8 Å². The van der Waals surface area contributed by atoms with E-state index in [0.29, 0.717) is 6.54 Å². The molecule has 0 bridgehead atoms. The maximum absolute atomic E-state index is 12.8. The molecular weight excluding hydrogens is 404 g/mol. The molecule has 156 valence electrons. The summed E-state index contributed by atoms with van der Waals surface area (Å²) in [4.78, 5) is 12.8. The first-order valence-electron chi connectivity index (χ1n) is 10.2. The Morgan fingerprint density at radius 2 is 1.58 bits per heavy atom. The van der Waals surface area contributed by atoms with Crippen molar-refractivity contribution in [3.8, 4) is 11.4 Å². The largest absolute Gasteiger partial charge is 0.325 e. The summed E-state index contributed by atoms with van der Waals surface area (Å²) in [6, 6.07) is 28.0. The molecule has 0 radical (unpaired) electrons. The molecule has 0 fully saturated rings. The second-order valence-corrected chi connectivity index (χ2v) is 8.62. The lowest BCUT2D eigenvalue weighted by Crippen LogP contribution is -2.23. The zero-order valence-corrected chi connectivity index (χ0v) is 18.3. The molecule has 4 rings (SSSR count). The predicted octanol–water partition coefficient (Wildman–Crippen LogP) is 5.42. The summed E-state index contributed by atoms with van der Waals surface area (Å²) in [5.41, 5.74) is 4.01. The fourth-order valence-electron chi connectivity index (χ4n) is 3.24. The van der Waals surface area contributed by atoms with E-state index in [0.717, 1.165) is 33.4 Å². The number of carbonyl (C=O) groups excluding carboxylic acids is 1. The van der Waals surface area contributed by atoms with Crippen LogP contribution in [0.3, 0.4) is 0 Å². The van der Waals surface area contributed by atoms with Gasteiger partial charge in [0.15, 0.2) is 11.0 Å². The number of hydrogen-bond acceptors (Lipinski definition) is 4. The Kier molecular flexibility index (Phi) is 6.48. The van der Waals surface area contributed by atoms with Gasteiger partial charge in [-0.05, 0) is 31.0 Å². The number of para-hydroxylation sites is 1. The number of thioether (sulfide) groups is 1. The first-order chi connectivity index (χ1) is 15.1. The Hall–Kier alpha value is -3.38. The summed E-state index contributed by atoms with van der Waals surface area (Å²) < 4.78 is 2.08. The second kappa shape index (κ2) is 9.62. The van der Waals surface area contributed by atoms with Gasteiger partial charge < -0.3 is 5.32 Å². The van der Waals surface area contributed by atoms with E-state index in [1.54, 1.807) is 0 Å². The van der Waals surface area contributed by atoms with E-state index in [1.165, 1.54) is 11.8 Å². The number of nitrogens with one attached hydrogen (secondary N) is 1. The Morgan fingerprint density at radius 3 is 2.29 bits per heavy atom. The fraction of sp³-hybridized carbons (Fsp3) is 0.160. The molecule has 0 aliphatic carbocycles. The van der Waals surface area contributed by atoms with E-state index in [-0.39, 0.29) is 11.2 Å². The molecule has 0 saturated carbocycles. The molecule has 31 heavy (non-hydrogen) atoms. The van der Waals surface area contributed by atoms with Crippen molar-refractivity contribution in [2.24, 2.45) is 0 Å². The lowest BCUT2D eigenvalue weighted by atomic mass is 10.2. The summed E-state index contributed by atoms with van der Waals surface area (Å²) in [7, 11) is 0. The summed E-state index contributed by atoms with van der Waals surface area (Å²) in [6.07, 6.45) is 0. The second-order valence-electron chi connectivity index (χ2n) is 7.31. The summed E-state index contributed by atoms with van der Waals surface area (Å²) in [5.74, 6) is 0.730. The summed E-state index contributed by atoms with van der Waals surface area (Å²) in [6.45, 7) is 4.50. The van der Waals surface area contributed by atoms with Gasteiger partial charge in [-0.3, -0.25) is 9.36 Å². The quantitative estimate of drug-likeness (QED) is 0.399. The van der Waals surface area contributed by atoms with Gasteiger partial charge in [0, 0.05) is 11.3 Å². The molecule has 6 heteroatoms. The highest BCUT2D eigenvalue weighted by atomic mass is 32.2. The van der Waals surface area contributed by atoms with Crippen LogP contribution in [0.15, 0.2) is 90.1 Å². The molecular formula is C25H24N4OS. The van der Waals surface area contributed by atoms with Gasteiger partial charge in [0.1, 0.15) is 0 Å². The van der Waals surface area contributed by atoms with E-state index in [4.69, 9.17) is 0 Å². The third-order valence-corrected chi connectivity index (χ3v) is 6.07. The van der Waals surface area contributed by atoms with Gasteiger partial charge in [0.05, 0.1) is 11.8 Å². The van der Waals surface area contributed by atoms with Crippen LogP contribution in [0.1, 0.15) is 18.1 Å². The van der Waals surface area contributed by atoms with Crippen LogP contribution in [0.25, 0.3) is 11.4 Å². The lowest BCUT2D eigenvalue weighted by Gasteiger charge is -2.15. The smallest absolute Gasteiger partial charge is 0.237 e. The van der Waals surface area contributed by atoms with Crippen LogP contribution in [-0.2, 0) is 11.3 Å². The van der Waals surface area contributed by atoms with Crippen molar-refractivity contribution in [2.75, 3.05) is 5.32 Å². The number of aromatic nitrogens is 3. The summed E-state index contributed by atoms with van der Waals surface area (Å²) in [5, 5.41) is 12.3. The first kappa shape index (κ1) is 20.9. The van der Waals surface area contributed by atoms with E-state index in [9.17, 15) is 4.79 Å². The Bertz CT molecular complexity index is 1160. The van der Waals surface area contributed by atoms with Crippen LogP contribution in [0, 0.1) is 6.92 Å². The van der Waals surface area contributed by atoms with E-state index >= 15 is 0 Å². The van der Waals surface area contributed by atoms with Crippen LogP contribution >= 0.6 is 11.8 Å². The molecule has 1 N–H and O–H groups in total. The van der Waals surface area contributed by atoms with Crippen molar-refractivity contribution in [3.05, 3.63) is 96.1 Å². The molecule has 5 nitrogen and oxygen atoms in total. The van der Waals surface area contributed by atoms with Crippen LogP contribution in [0.4, 0.5) is 5.69 Å². The number of nitrogens with zero attached hydrogens (tertiary/aromatic N) is 3. The van der Waals surface area contributed by atoms with Crippen molar-refractivity contribution in [1.29, 1.82) is 0 Å². The first-order valence-corrected chi connectivity index (χ1v) is 11.1. The predicted molar refractivity (Wildman–Crippen MR) is 126 cm³/mol. The molecule has 0 saturated heterocycles. The standard InChI is InChI=1S/C25H24N4OS/c1-18-11-9-10-16-22(18)26-24(30)19(2)31-25-28-27-23(21-14-7-4-8-15-21)29(25)17-20-12-5-3-6-13-20/h3-16,19H,17H2,1-2H3,(H,26,30)/t19-/m1/s1. The van der Waals surface area contributed by atoms with E-state index in [1.807, 2.05) is 86.6 Å². The van der Waals surface area contributed by atoms with Gasteiger partial charge >= 0.3 is 0 Å². The van der Waals surface area contributed by atoms with Crippen molar-refractivity contribution >= 4 is 23.4 Å².